The van der Waals surface area contributed by atoms with Gasteiger partial charge in [0.1, 0.15) is 11.9 Å². The predicted molar refractivity (Wildman–Crippen MR) is 79.8 cm³/mol. The number of amides is 1. The second kappa shape index (κ2) is 5.83. The van der Waals surface area contributed by atoms with Crippen molar-refractivity contribution in [1.29, 1.82) is 0 Å². The van der Waals surface area contributed by atoms with Gasteiger partial charge in [0, 0.05) is 12.2 Å². The molecule has 1 saturated carbocycles. The molecule has 6 nitrogen and oxygen atoms in total. The number of halogens is 1. The van der Waals surface area contributed by atoms with E-state index in [-0.39, 0.29) is 17.6 Å². The monoisotopic (exact) mass is 317 g/mol. The molecule has 1 aromatic carbocycles. The van der Waals surface area contributed by atoms with Gasteiger partial charge >= 0.3 is 5.97 Å². The first-order valence-electron chi connectivity index (χ1n) is 7.34. The fourth-order valence-corrected chi connectivity index (χ4v) is 2.44. The van der Waals surface area contributed by atoms with Crippen LogP contribution in [0, 0.1) is 5.82 Å². The fraction of sp³-hybridized carbons (Fsp3) is 0.312. The van der Waals surface area contributed by atoms with Crippen molar-refractivity contribution >= 4 is 11.9 Å². The Morgan fingerprint density at radius 1 is 1.30 bits per heavy atom. The molecular weight excluding hydrogens is 301 g/mol. The van der Waals surface area contributed by atoms with Gasteiger partial charge in [-0.15, -0.1) is 0 Å². The van der Waals surface area contributed by atoms with E-state index in [0.29, 0.717) is 5.69 Å². The largest absolute Gasteiger partial charge is 0.480 e. The Hall–Kier alpha value is -2.70. The molecule has 0 bridgehead atoms. The molecule has 1 fully saturated rings. The van der Waals surface area contributed by atoms with Crippen molar-refractivity contribution in [2.45, 2.75) is 31.8 Å². The van der Waals surface area contributed by atoms with Crippen LogP contribution in [0.15, 0.2) is 36.5 Å². The number of aliphatic carboxylic acids is 1. The molecule has 1 N–H and O–H groups in total. The van der Waals surface area contributed by atoms with E-state index in [4.69, 9.17) is 0 Å². The molecule has 0 radical (unpaired) electrons. The van der Waals surface area contributed by atoms with Gasteiger partial charge < -0.3 is 10.0 Å². The number of carboxylic acids is 1. The van der Waals surface area contributed by atoms with Crippen LogP contribution in [-0.4, -0.2) is 43.7 Å². The molecule has 3 rings (SSSR count). The molecule has 1 aliphatic carbocycles. The van der Waals surface area contributed by atoms with Crippen molar-refractivity contribution in [3.63, 3.8) is 0 Å². The minimum absolute atomic E-state index is 0.0374. The smallest absolute Gasteiger partial charge is 0.326 e. The quantitative estimate of drug-likeness (QED) is 0.916. The summed E-state index contributed by atoms with van der Waals surface area (Å²) in [4.78, 5) is 25.2. The number of hydrogen-bond donors (Lipinski definition) is 1. The zero-order valence-corrected chi connectivity index (χ0v) is 12.5. The molecule has 23 heavy (non-hydrogen) atoms. The van der Waals surface area contributed by atoms with E-state index in [0.717, 1.165) is 12.8 Å². The Labute approximate surface area is 132 Å². The minimum atomic E-state index is -1.04. The normalized spacial score (nSPS) is 15.2. The van der Waals surface area contributed by atoms with Crippen molar-refractivity contribution in [1.82, 2.24) is 14.7 Å². The first-order chi connectivity index (χ1) is 11.0. The summed E-state index contributed by atoms with van der Waals surface area (Å²) >= 11 is 0. The first-order valence-corrected chi connectivity index (χ1v) is 7.34. The maximum atomic E-state index is 13.0. The van der Waals surface area contributed by atoms with Crippen molar-refractivity contribution in [2.75, 3.05) is 0 Å². The van der Waals surface area contributed by atoms with Crippen LogP contribution in [0.3, 0.4) is 0 Å². The van der Waals surface area contributed by atoms with E-state index in [1.54, 1.807) is 18.3 Å². The Morgan fingerprint density at radius 2 is 1.96 bits per heavy atom. The number of rotatable bonds is 5. The van der Waals surface area contributed by atoms with Gasteiger partial charge in [-0.1, -0.05) is 0 Å². The minimum Gasteiger partial charge on any atom is -0.480 e. The van der Waals surface area contributed by atoms with E-state index >= 15 is 0 Å². The predicted octanol–water partition coefficient (Wildman–Crippen LogP) is 2.09. The Bertz CT molecular complexity index is 737. The van der Waals surface area contributed by atoms with Crippen LogP contribution < -0.4 is 0 Å². The number of aromatic nitrogens is 2. The lowest BCUT2D eigenvalue weighted by molar-refractivity contribution is -0.141. The number of carbonyl (C=O) groups excluding carboxylic acids is 1. The zero-order valence-electron chi connectivity index (χ0n) is 12.5. The average molecular weight is 317 g/mol. The van der Waals surface area contributed by atoms with Gasteiger partial charge in [-0.25, -0.2) is 13.9 Å². The molecule has 0 spiro atoms. The van der Waals surface area contributed by atoms with Crippen LogP contribution in [0.25, 0.3) is 5.69 Å². The molecule has 1 amide bonds. The lowest BCUT2D eigenvalue weighted by Crippen LogP contribution is -2.44. The standard InChI is InChI=1S/C16H16FN3O3/c1-10(16(22)23)20(13-6-7-13)15(21)14-8-9-19(18-14)12-4-2-11(17)3-5-12/h2-5,8-10,13H,6-7H2,1H3,(H,22,23). The summed E-state index contributed by atoms with van der Waals surface area (Å²) in [5.74, 6) is -1.79. The Morgan fingerprint density at radius 3 is 2.52 bits per heavy atom. The Kier molecular flexibility index (Phi) is 3.85. The SMILES string of the molecule is CC(C(=O)O)N(C(=O)c1ccn(-c2ccc(F)cc2)n1)C1CC1. The highest BCUT2D eigenvalue weighted by Gasteiger charge is 2.39. The lowest BCUT2D eigenvalue weighted by atomic mass is 10.2. The molecule has 1 aromatic heterocycles. The van der Waals surface area contributed by atoms with Crippen LogP contribution in [0.4, 0.5) is 4.39 Å². The van der Waals surface area contributed by atoms with E-state index in [2.05, 4.69) is 5.10 Å². The van der Waals surface area contributed by atoms with Crippen molar-refractivity contribution in [3.05, 3.63) is 48.0 Å². The second-order valence-corrected chi connectivity index (χ2v) is 5.58. The number of nitrogens with zero attached hydrogens (tertiary/aromatic N) is 3. The van der Waals surface area contributed by atoms with Gasteiger partial charge in [0.25, 0.3) is 5.91 Å². The number of benzene rings is 1. The van der Waals surface area contributed by atoms with Gasteiger partial charge in [0.15, 0.2) is 5.69 Å². The summed E-state index contributed by atoms with van der Waals surface area (Å²) in [6, 6.07) is 6.32. The van der Waals surface area contributed by atoms with Gasteiger partial charge in [-0.05, 0) is 50.1 Å². The third-order valence-corrected chi connectivity index (χ3v) is 3.85. The van der Waals surface area contributed by atoms with E-state index < -0.39 is 17.9 Å². The van der Waals surface area contributed by atoms with Gasteiger partial charge in [-0.3, -0.25) is 4.79 Å². The molecule has 0 aliphatic heterocycles. The van der Waals surface area contributed by atoms with Crippen molar-refractivity contribution < 1.29 is 19.1 Å². The summed E-state index contributed by atoms with van der Waals surface area (Å²) in [7, 11) is 0. The molecule has 7 heteroatoms. The topological polar surface area (TPSA) is 75.4 Å². The number of hydrogen-bond acceptors (Lipinski definition) is 3. The first kappa shape index (κ1) is 15.2. The highest BCUT2D eigenvalue weighted by atomic mass is 19.1. The van der Waals surface area contributed by atoms with E-state index in [1.807, 2.05) is 0 Å². The summed E-state index contributed by atoms with van der Waals surface area (Å²) in [5.41, 5.74) is 0.795. The average Bonchev–Trinajstić information content (AvgIpc) is 3.23. The van der Waals surface area contributed by atoms with Crippen LogP contribution >= 0.6 is 0 Å². The number of carboxylic acid groups (broad SMARTS) is 1. The second-order valence-electron chi connectivity index (χ2n) is 5.58. The molecular formula is C16H16FN3O3. The van der Waals surface area contributed by atoms with Gasteiger partial charge in [0.2, 0.25) is 0 Å². The highest BCUT2D eigenvalue weighted by molar-refractivity contribution is 5.95. The van der Waals surface area contributed by atoms with Crippen LogP contribution in [0.5, 0.6) is 0 Å². The molecule has 1 heterocycles. The molecule has 120 valence electrons. The summed E-state index contributed by atoms with van der Waals surface area (Å²) in [6.07, 6.45) is 3.21. The highest BCUT2D eigenvalue weighted by Crippen LogP contribution is 2.30. The summed E-state index contributed by atoms with van der Waals surface area (Å²) in [6.45, 7) is 1.50. The lowest BCUT2D eigenvalue weighted by Gasteiger charge is -2.25. The summed E-state index contributed by atoms with van der Waals surface area (Å²) in [5, 5.41) is 13.4. The summed E-state index contributed by atoms with van der Waals surface area (Å²) < 4.78 is 14.4. The third kappa shape index (κ3) is 3.08. The van der Waals surface area contributed by atoms with E-state index in [9.17, 15) is 19.1 Å². The third-order valence-electron chi connectivity index (χ3n) is 3.85. The van der Waals surface area contributed by atoms with Crippen LogP contribution in [0.2, 0.25) is 0 Å². The van der Waals surface area contributed by atoms with Gasteiger partial charge in [-0.2, -0.15) is 5.10 Å². The molecule has 0 saturated heterocycles. The Balaban J connectivity index is 1.85. The maximum absolute atomic E-state index is 13.0. The van der Waals surface area contributed by atoms with Crippen molar-refractivity contribution in [2.24, 2.45) is 0 Å². The van der Waals surface area contributed by atoms with Gasteiger partial charge in [0.05, 0.1) is 5.69 Å². The molecule has 2 aromatic rings. The maximum Gasteiger partial charge on any atom is 0.326 e. The molecule has 1 atom stereocenters. The van der Waals surface area contributed by atoms with Crippen LogP contribution in [-0.2, 0) is 4.79 Å². The fourth-order valence-electron chi connectivity index (χ4n) is 2.44. The molecule has 1 unspecified atom stereocenters. The van der Waals surface area contributed by atoms with Crippen molar-refractivity contribution in [3.8, 4) is 5.69 Å². The zero-order chi connectivity index (χ0) is 16.6. The van der Waals surface area contributed by atoms with E-state index in [1.165, 1.54) is 34.7 Å². The number of carbonyl (C=O) groups is 2. The van der Waals surface area contributed by atoms with Crippen LogP contribution in [0.1, 0.15) is 30.3 Å². The molecule has 1 aliphatic rings.